The van der Waals surface area contributed by atoms with E-state index in [1.54, 1.807) is 13.1 Å². The summed E-state index contributed by atoms with van der Waals surface area (Å²) in [6.07, 6.45) is 5.27. The largest absolute Gasteiger partial charge is 0.352 e. The van der Waals surface area contributed by atoms with Gasteiger partial charge in [0.05, 0.1) is 17.8 Å². The number of carbonyl (C=O) groups excluding carboxylic acids is 2. The second-order valence-corrected chi connectivity index (χ2v) is 6.48. The van der Waals surface area contributed by atoms with Crippen LogP contribution in [0.4, 0.5) is 5.69 Å². The Bertz CT molecular complexity index is 745. The number of anilines is 1. The zero-order valence-corrected chi connectivity index (χ0v) is 15.4. The predicted molar refractivity (Wildman–Crippen MR) is 102 cm³/mol. The van der Waals surface area contributed by atoms with Gasteiger partial charge in [-0.2, -0.15) is 5.10 Å². The van der Waals surface area contributed by atoms with Gasteiger partial charge in [-0.15, -0.1) is 12.4 Å². The van der Waals surface area contributed by atoms with Gasteiger partial charge in [0.1, 0.15) is 6.54 Å². The Morgan fingerprint density at radius 3 is 2.65 bits per heavy atom. The molecule has 1 heterocycles. The van der Waals surface area contributed by atoms with Crippen LogP contribution in [0.3, 0.4) is 0 Å². The minimum Gasteiger partial charge on any atom is -0.352 e. The third kappa shape index (κ3) is 5.31. The average Bonchev–Trinajstić information content (AvgIpc) is 3.32. The SMILES string of the molecule is CC(C(=O)Nc1cnn(CC(=O)NC2CC2)c1)C(N)c1ccccc1.Cl. The van der Waals surface area contributed by atoms with Crippen molar-refractivity contribution in [3.63, 3.8) is 0 Å². The highest BCUT2D eigenvalue weighted by atomic mass is 35.5. The quantitative estimate of drug-likeness (QED) is 0.685. The molecule has 2 atom stereocenters. The lowest BCUT2D eigenvalue weighted by Crippen LogP contribution is -2.30. The molecule has 2 aromatic rings. The summed E-state index contributed by atoms with van der Waals surface area (Å²) in [5.41, 5.74) is 7.65. The molecule has 0 saturated heterocycles. The van der Waals surface area contributed by atoms with Crippen LogP contribution in [0.5, 0.6) is 0 Å². The lowest BCUT2D eigenvalue weighted by atomic mass is 9.95. The van der Waals surface area contributed by atoms with Crippen molar-refractivity contribution < 1.29 is 9.59 Å². The Labute approximate surface area is 158 Å². The first-order valence-electron chi connectivity index (χ1n) is 8.46. The minimum absolute atomic E-state index is 0. The molecule has 1 saturated carbocycles. The van der Waals surface area contributed by atoms with Gasteiger partial charge in [-0.25, -0.2) is 0 Å². The summed E-state index contributed by atoms with van der Waals surface area (Å²) in [4.78, 5) is 24.2. The van der Waals surface area contributed by atoms with Crippen molar-refractivity contribution in [2.75, 3.05) is 5.32 Å². The molecule has 0 aliphatic heterocycles. The molecule has 4 N–H and O–H groups in total. The van der Waals surface area contributed by atoms with E-state index >= 15 is 0 Å². The van der Waals surface area contributed by atoms with E-state index in [0.29, 0.717) is 11.7 Å². The zero-order chi connectivity index (χ0) is 17.8. The summed E-state index contributed by atoms with van der Waals surface area (Å²) >= 11 is 0. The monoisotopic (exact) mass is 377 g/mol. The Morgan fingerprint density at radius 1 is 1.31 bits per heavy atom. The van der Waals surface area contributed by atoms with Crippen LogP contribution in [0, 0.1) is 5.92 Å². The number of benzene rings is 1. The highest BCUT2D eigenvalue weighted by Gasteiger charge is 2.24. The van der Waals surface area contributed by atoms with Gasteiger partial charge in [0.2, 0.25) is 11.8 Å². The summed E-state index contributed by atoms with van der Waals surface area (Å²) in [6.45, 7) is 1.94. The maximum atomic E-state index is 12.4. The number of rotatable bonds is 7. The fraction of sp³-hybridized carbons (Fsp3) is 0.389. The molecule has 0 bridgehead atoms. The molecule has 2 amide bonds. The van der Waals surface area contributed by atoms with Gasteiger partial charge >= 0.3 is 0 Å². The lowest BCUT2D eigenvalue weighted by molar-refractivity contribution is -0.122. The molecular weight excluding hydrogens is 354 g/mol. The Morgan fingerprint density at radius 2 is 2.00 bits per heavy atom. The van der Waals surface area contributed by atoms with Crippen LogP contribution in [0.1, 0.15) is 31.4 Å². The van der Waals surface area contributed by atoms with E-state index in [0.717, 1.165) is 18.4 Å². The second-order valence-electron chi connectivity index (χ2n) is 6.48. The topological polar surface area (TPSA) is 102 Å². The van der Waals surface area contributed by atoms with Crippen molar-refractivity contribution >= 4 is 29.9 Å². The molecule has 1 aliphatic rings. The molecule has 0 radical (unpaired) electrons. The number of hydrogen-bond donors (Lipinski definition) is 3. The van der Waals surface area contributed by atoms with Crippen molar-refractivity contribution in [1.82, 2.24) is 15.1 Å². The average molecular weight is 378 g/mol. The van der Waals surface area contributed by atoms with Gasteiger partial charge in [-0.05, 0) is 18.4 Å². The molecule has 1 fully saturated rings. The molecule has 1 aromatic heterocycles. The zero-order valence-electron chi connectivity index (χ0n) is 14.6. The molecule has 1 aliphatic carbocycles. The second kappa shape index (κ2) is 8.82. The van der Waals surface area contributed by atoms with E-state index < -0.39 is 5.92 Å². The number of nitrogens with two attached hydrogens (primary N) is 1. The molecule has 3 rings (SSSR count). The molecular formula is C18H24ClN5O2. The van der Waals surface area contributed by atoms with Gasteiger partial charge in [0.15, 0.2) is 0 Å². The number of halogens is 1. The lowest BCUT2D eigenvalue weighted by Gasteiger charge is -2.19. The van der Waals surface area contributed by atoms with Crippen molar-refractivity contribution in [1.29, 1.82) is 0 Å². The number of amides is 2. The number of carbonyl (C=O) groups is 2. The summed E-state index contributed by atoms with van der Waals surface area (Å²) in [5.74, 6) is -0.648. The summed E-state index contributed by atoms with van der Waals surface area (Å²) in [7, 11) is 0. The van der Waals surface area contributed by atoms with Crippen LogP contribution in [0.25, 0.3) is 0 Å². The Hall–Kier alpha value is -2.38. The van der Waals surface area contributed by atoms with Crippen LogP contribution in [0.15, 0.2) is 42.7 Å². The highest BCUT2D eigenvalue weighted by Crippen LogP contribution is 2.21. The van der Waals surface area contributed by atoms with Crippen molar-refractivity contribution in [3.05, 3.63) is 48.3 Å². The maximum Gasteiger partial charge on any atom is 0.241 e. The van der Waals surface area contributed by atoms with E-state index in [1.165, 1.54) is 10.9 Å². The van der Waals surface area contributed by atoms with Gasteiger partial charge in [0, 0.05) is 18.3 Å². The fourth-order valence-electron chi connectivity index (χ4n) is 2.55. The molecule has 2 unspecified atom stereocenters. The molecule has 7 nitrogen and oxygen atoms in total. The van der Waals surface area contributed by atoms with Crippen molar-refractivity contribution in [2.45, 2.75) is 38.4 Å². The standard InChI is InChI=1S/C18H23N5O2.ClH/c1-12(17(19)13-5-3-2-4-6-13)18(25)22-15-9-20-23(10-15)11-16(24)21-14-7-8-14;/h2-6,9-10,12,14,17H,7-8,11,19H2,1H3,(H,21,24)(H,22,25);1H. The third-order valence-corrected chi connectivity index (χ3v) is 4.29. The van der Waals surface area contributed by atoms with Crippen molar-refractivity contribution in [3.8, 4) is 0 Å². The van der Waals surface area contributed by atoms with E-state index in [1.807, 2.05) is 30.3 Å². The first kappa shape index (κ1) is 19.9. The number of nitrogens with one attached hydrogen (secondary N) is 2. The number of nitrogens with zero attached hydrogens (tertiary/aromatic N) is 2. The Kier molecular flexibility index (Phi) is 6.76. The molecule has 140 valence electrons. The highest BCUT2D eigenvalue weighted by molar-refractivity contribution is 5.92. The van der Waals surface area contributed by atoms with Crippen LogP contribution in [-0.4, -0.2) is 27.6 Å². The van der Waals surface area contributed by atoms with Crippen LogP contribution >= 0.6 is 12.4 Å². The van der Waals surface area contributed by atoms with Gasteiger partial charge in [0.25, 0.3) is 0 Å². The van der Waals surface area contributed by atoms with E-state index in [9.17, 15) is 9.59 Å². The molecule has 26 heavy (non-hydrogen) atoms. The summed E-state index contributed by atoms with van der Waals surface area (Å²) < 4.78 is 1.51. The normalized spacial score (nSPS) is 15.5. The van der Waals surface area contributed by atoms with Crippen LogP contribution in [-0.2, 0) is 16.1 Å². The maximum absolute atomic E-state index is 12.4. The van der Waals surface area contributed by atoms with E-state index in [-0.39, 0.29) is 36.8 Å². The summed E-state index contributed by atoms with van der Waals surface area (Å²) in [5, 5.41) is 9.81. The molecule has 8 heteroatoms. The number of aromatic nitrogens is 2. The number of hydrogen-bond acceptors (Lipinski definition) is 4. The van der Waals surface area contributed by atoms with Crippen LogP contribution in [0.2, 0.25) is 0 Å². The summed E-state index contributed by atoms with van der Waals surface area (Å²) in [6, 6.07) is 9.46. The molecule has 1 aromatic carbocycles. The first-order valence-corrected chi connectivity index (χ1v) is 8.46. The van der Waals surface area contributed by atoms with Crippen molar-refractivity contribution in [2.24, 2.45) is 11.7 Å². The van der Waals surface area contributed by atoms with Gasteiger partial charge in [-0.1, -0.05) is 37.3 Å². The van der Waals surface area contributed by atoms with Gasteiger partial charge < -0.3 is 16.4 Å². The third-order valence-electron chi connectivity index (χ3n) is 4.29. The smallest absolute Gasteiger partial charge is 0.241 e. The van der Waals surface area contributed by atoms with Gasteiger partial charge in [-0.3, -0.25) is 14.3 Å². The van der Waals surface area contributed by atoms with E-state index in [2.05, 4.69) is 15.7 Å². The first-order chi connectivity index (χ1) is 12.0. The fourth-order valence-corrected chi connectivity index (χ4v) is 2.55. The Balaban J connectivity index is 0.00000243. The predicted octanol–water partition coefficient (Wildman–Crippen LogP) is 1.86. The van der Waals surface area contributed by atoms with Crippen LogP contribution < -0.4 is 16.4 Å². The van der Waals surface area contributed by atoms with E-state index in [4.69, 9.17) is 5.73 Å². The molecule has 0 spiro atoms. The minimum atomic E-state index is -0.399.